The first-order valence-corrected chi connectivity index (χ1v) is 14.9. The van der Waals surface area contributed by atoms with Crippen molar-refractivity contribution in [3.63, 3.8) is 0 Å². The highest BCUT2D eigenvalue weighted by Gasteiger charge is 2.51. The van der Waals surface area contributed by atoms with Gasteiger partial charge in [-0.2, -0.15) is 13.2 Å². The Bertz CT molecular complexity index is 1510. The van der Waals surface area contributed by atoms with Crippen LogP contribution in [0.15, 0.2) is 41.6 Å². The van der Waals surface area contributed by atoms with Crippen molar-refractivity contribution < 1.29 is 55.2 Å². The number of aromatic nitrogens is 2. The first-order valence-electron chi connectivity index (χ1n) is 13.4. The first-order chi connectivity index (χ1) is 20.7. The minimum atomic E-state index is -4.84. The Morgan fingerprint density at radius 3 is 2.59 bits per heavy atom. The molecular weight excluding hydrogens is 615 g/mol. The van der Waals surface area contributed by atoms with Crippen molar-refractivity contribution in [2.45, 2.75) is 50.1 Å². The number of fused-ring (bicyclic) bond motifs is 1. The SMILES string of the molecule is CCn1cc(S(=O)(=O)N2CC(/C=C/NC(=O)C3COC3)Oc3ccc(NC(=O)OC(C)(C)C(F)(F)F)cc32)c(OCCO)n1. The van der Waals surface area contributed by atoms with Crippen LogP contribution in [0, 0.1) is 5.92 Å². The second-order valence-electron chi connectivity index (χ2n) is 10.2. The monoisotopic (exact) mass is 647 g/mol. The van der Waals surface area contributed by atoms with Gasteiger partial charge in [-0.3, -0.25) is 19.1 Å². The number of rotatable bonds is 11. The number of nitrogens with zero attached hydrogens (tertiary/aromatic N) is 3. The Morgan fingerprint density at radius 1 is 1.25 bits per heavy atom. The number of benzene rings is 1. The van der Waals surface area contributed by atoms with E-state index in [0.29, 0.717) is 33.6 Å². The summed E-state index contributed by atoms with van der Waals surface area (Å²) in [4.78, 5) is 24.2. The van der Waals surface area contributed by atoms with Gasteiger partial charge in [0.25, 0.3) is 15.9 Å². The van der Waals surface area contributed by atoms with Crippen LogP contribution in [-0.4, -0.2) is 86.2 Å². The van der Waals surface area contributed by atoms with E-state index in [4.69, 9.17) is 14.2 Å². The molecule has 1 aromatic heterocycles. The molecule has 44 heavy (non-hydrogen) atoms. The molecule has 4 rings (SSSR count). The van der Waals surface area contributed by atoms with Crippen LogP contribution in [0.4, 0.5) is 29.3 Å². The van der Waals surface area contributed by atoms with E-state index in [0.717, 1.165) is 4.31 Å². The summed E-state index contributed by atoms with van der Waals surface area (Å²) >= 11 is 0. The Hall–Kier alpha value is -4.03. The van der Waals surface area contributed by atoms with Crippen molar-refractivity contribution >= 4 is 33.4 Å². The molecule has 2 aliphatic rings. The average molecular weight is 648 g/mol. The number of hydrogen-bond donors (Lipinski definition) is 3. The number of aliphatic hydroxyl groups is 1. The molecule has 1 fully saturated rings. The fourth-order valence-corrected chi connectivity index (χ4v) is 5.50. The van der Waals surface area contributed by atoms with Gasteiger partial charge in [0.05, 0.1) is 38.0 Å². The lowest BCUT2D eigenvalue weighted by Crippen LogP contribution is -2.44. The summed E-state index contributed by atoms with van der Waals surface area (Å²) in [6.45, 7) is 3.03. The number of aliphatic hydroxyl groups excluding tert-OH is 1. The summed E-state index contributed by atoms with van der Waals surface area (Å²) in [5.74, 6) is -0.787. The van der Waals surface area contributed by atoms with Gasteiger partial charge in [-0.05, 0) is 45.0 Å². The van der Waals surface area contributed by atoms with E-state index in [2.05, 4.69) is 20.5 Å². The third kappa shape index (κ3) is 7.19. The molecule has 1 aromatic carbocycles. The maximum absolute atomic E-state index is 14.1. The molecule has 18 heteroatoms. The Morgan fingerprint density at radius 2 is 1.98 bits per heavy atom. The molecule has 0 radical (unpaired) electrons. The second kappa shape index (κ2) is 12.9. The molecule has 0 saturated carbocycles. The molecule has 2 aliphatic heterocycles. The molecular formula is C26H32F3N5O9S. The van der Waals surface area contributed by atoms with Gasteiger partial charge in [-0.15, -0.1) is 5.10 Å². The molecule has 0 bridgehead atoms. The van der Waals surface area contributed by atoms with Gasteiger partial charge in [-0.25, -0.2) is 13.2 Å². The van der Waals surface area contributed by atoms with Gasteiger partial charge in [0.15, 0.2) is 4.90 Å². The van der Waals surface area contributed by atoms with Crippen LogP contribution in [0.5, 0.6) is 11.6 Å². The van der Waals surface area contributed by atoms with Crippen molar-refractivity contribution in [1.82, 2.24) is 15.1 Å². The smallest absolute Gasteiger partial charge is 0.427 e. The van der Waals surface area contributed by atoms with E-state index < -0.39 is 40.6 Å². The quantitative estimate of drug-likeness (QED) is 0.329. The number of carbonyl (C=O) groups is 2. The number of nitrogens with one attached hydrogen (secondary N) is 2. The Labute approximate surface area is 250 Å². The normalized spacial score (nSPS) is 17.4. The Kier molecular flexibility index (Phi) is 9.65. The molecule has 3 N–H and O–H groups in total. The van der Waals surface area contributed by atoms with Crippen molar-refractivity contribution in [2.24, 2.45) is 5.92 Å². The minimum Gasteiger partial charge on any atom is -0.482 e. The zero-order chi connectivity index (χ0) is 32.3. The fraction of sp³-hybridized carbons (Fsp3) is 0.500. The lowest BCUT2D eigenvalue weighted by molar-refractivity contribution is -0.242. The highest BCUT2D eigenvalue weighted by atomic mass is 32.2. The number of halogens is 3. The summed E-state index contributed by atoms with van der Waals surface area (Å²) in [5, 5.41) is 18.1. The molecule has 1 unspecified atom stereocenters. The van der Waals surface area contributed by atoms with Gasteiger partial charge < -0.3 is 29.4 Å². The molecule has 1 atom stereocenters. The lowest BCUT2D eigenvalue weighted by atomic mass is 10.1. The zero-order valence-electron chi connectivity index (χ0n) is 24.0. The van der Waals surface area contributed by atoms with E-state index in [9.17, 15) is 36.3 Å². The summed E-state index contributed by atoms with van der Waals surface area (Å²) in [7, 11) is -4.47. The molecule has 0 aliphatic carbocycles. The first kappa shape index (κ1) is 32.9. The molecule has 2 aromatic rings. The largest absolute Gasteiger partial charge is 0.482 e. The summed E-state index contributed by atoms with van der Waals surface area (Å²) < 4.78 is 91.0. The van der Waals surface area contributed by atoms with Crippen LogP contribution in [0.1, 0.15) is 20.8 Å². The van der Waals surface area contributed by atoms with Crippen LogP contribution >= 0.6 is 0 Å². The topological polar surface area (TPSA) is 171 Å². The van der Waals surface area contributed by atoms with Crippen molar-refractivity contribution in [3.05, 3.63) is 36.7 Å². The van der Waals surface area contributed by atoms with Gasteiger partial charge in [0, 0.05) is 24.6 Å². The van der Waals surface area contributed by atoms with Crippen molar-refractivity contribution in [3.8, 4) is 11.6 Å². The number of alkyl halides is 3. The minimum absolute atomic E-state index is 0.0449. The predicted molar refractivity (Wildman–Crippen MR) is 148 cm³/mol. The van der Waals surface area contributed by atoms with Crippen LogP contribution in [-0.2, 0) is 30.8 Å². The highest BCUT2D eigenvalue weighted by Crippen LogP contribution is 2.41. The number of amides is 2. The van der Waals surface area contributed by atoms with E-state index in [-0.39, 0.29) is 52.9 Å². The van der Waals surface area contributed by atoms with Crippen LogP contribution in [0.2, 0.25) is 0 Å². The van der Waals surface area contributed by atoms with E-state index >= 15 is 0 Å². The summed E-state index contributed by atoms with van der Waals surface area (Å²) in [5.41, 5.74) is -2.94. The van der Waals surface area contributed by atoms with Crippen molar-refractivity contribution in [2.75, 3.05) is 42.6 Å². The third-order valence-electron chi connectivity index (χ3n) is 6.59. The molecule has 14 nitrogen and oxygen atoms in total. The third-order valence-corrected chi connectivity index (χ3v) is 8.35. The Balaban J connectivity index is 1.67. The van der Waals surface area contributed by atoms with Gasteiger partial charge in [-0.1, -0.05) is 0 Å². The molecule has 0 spiro atoms. The molecule has 3 heterocycles. The number of sulfonamides is 1. The number of anilines is 2. The number of aryl methyl sites for hydroxylation is 1. The standard InChI is InChI=1S/C26H32F3N5O9S/c1-4-33-13-21(23(32-33)41-10-9-35)44(38,39)34-12-18(7-8-30-22(36)16-14-40-15-16)42-20-6-5-17(11-19(20)34)31-24(37)43-25(2,3)26(27,28)29/h5-8,11,13,16,18,35H,4,9-10,12,14-15H2,1-3H3,(H,30,36)(H,31,37)/b8-7+. The van der Waals surface area contributed by atoms with Gasteiger partial charge in [0.1, 0.15) is 18.5 Å². The van der Waals surface area contributed by atoms with Crippen LogP contribution in [0.3, 0.4) is 0 Å². The predicted octanol–water partition coefficient (Wildman–Crippen LogP) is 2.40. The van der Waals surface area contributed by atoms with Gasteiger partial charge in [0.2, 0.25) is 11.5 Å². The second-order valence-corrected chi connectivity index (χ2v) is 12.1. The van der Waals surface area contributed by atoms with E-state index in [1.54, 1.807) is 6.92 Å². The van der Waals surface area contributed by atoms with Crippen LogP contribution in [0.25, 0.3) is 0 Å². The average Bonchev–Trinajstić information content (AvgIpc) is 3.34. The summed E-state index contributed by atoms with van der Waals surface area (Å²) in [6.07, 6.45) is -3.14. The zero-order valence-corrected chi connectivity index (χ0v) is 24.8. The van der Waals surface area contributed by atoms with Gasteiger partial charge >= 0.3 is 12.3 Å². The summed E-state index contributed by atoms with van der Waals surface area (Å²) in [6, 6.07) is 3.82. The number of ether oxygens (including phenoxy) is 4. The fourth-order valence-electron chi connectivity index (χ4n) is 3.94. The maximum atomic E-state index is 14.1. The molecule has 1 saturated heterocycles. The highest BCUT2D eigenvalue weighted by molar-refractivity contribution is 7.93. The van der Waals surface area contributed by atoms with Crippen LogP contribution < -0.4 is 24.4 Å². The maximum Gasteiger partial charge on any atom is 0.427 e. The number of hydrogen-bond acceptors (Lipinski definition) is 10. The van der Waals surface area contributed by atoms with E-state index in [1.807, 2.05) is 0 Å². The molecule has 2 amide bonds. The lowest BCUT2D eigenvalue weighted by Gasteiger charge is -2.34. The van der Waals surface area contributed by atoms with Crippen molar-refractivity contribution in [1.29, 1.82) is 0 Å². The van der Waals surface area contributed by atoms with E-state index in [1.165, 1.54) is 41.4 Å². The number of carbonyl (C=O) groups excluding carboxylic acids is 2. The molecule has 242 valence electrons.